The molecule has 8 heteroatoms. The molecule has 0 aliphatic heterocycles. The highest BCUT2D eigenvalue weighted by Gasteiger charge is 2.09. The number of nitrogens with one attached hydrogen (secondary N) is 2. The Balaban J connectivity index is 1.69. The third kappa shape index (κ3) is 2.75. The van der Waals surface area contributed by atoms with Crippen molar-refractivity contribution in [3.05, 3.63) is 35.4 Å². The molecule has 0 radical (unpaired) electrons. The minimum Gasteiger partial charge on any atom is -0.377 e. The van der Waals surface area contributed by atoms with Crippen LogP contribution >= 0.6 is 11.3 Å². The molecule has 0 atom stereocenters. The highest BCUT2D eigenvalue weighted by molar-refractivity contribution is 7.15. The van der Waals surface area contributed by atoms with Crippen molar-refractivity contribution in [3.8, 4) is 0 Å². The molecule has 0 aliphatic carbocycles. The lowest BCUT2D eigenvalue weighted by Crippen LogP contribution is -2.23. The average Bonchev–Trinajstić information content (AvgIpc) is 3.14. The van der Waals surface area contributed by atoms with Crippen LogP contribution in [0.4, 0.5) is 5.69 Å². The van der Waals surface area contributed by atoms with Crippen LogP contribution < -0.4 is 10.6 Å². The van der Waals surface area contributed by atoms with Gasteiger partial charge >= 0.3 is 0 Å². The fourth-order valence-electron chi connectivity index (χ4n) is 2.11. The zero-order valence-corrected chi connectivity index (χ0v) is 12.6. The van der Waals surface area contributed by atoms with Gasteiger partial charge in [0, 0.05) is 24.8 Å². The normalized spacial score (nSPS) is 11.0. The van der Waals surface area contributed by atoms with Crippen molar-refractivity contribution in [2.75, 3.05) is 12.4 Å². The van der Waals surface area contributed by atoms with Crippen LogP contribution in [0.1, 0.15) is 11.4 Å². The molecule has 3 aromatic heterocycles. The molecule has 0 unspecified atom stereocenters. The number of carbonyl (C=O) groups is 1. The molecule has 0 bridgehead atoms. The zero-order valence-electron chi connectivity index (χ0n) is 11.8. The third-order valence-corrected chi connectivity index (χ3v) is 4.00. The summed E-state index contributed by atoms with van der Waals surface area (Å²) in [5, 5.41) is 12.1. The largest absolute Gasteiger partial charge is 0.377 e. The van der Waals surface area contributed by atoms with Crippen molar-refractivity contribution in [3.63, 3.8) is 0 Å². The molecule has 7 nitrogen and oxygen atoms in total. The van der Waals surface area contributed by atoms with Crippen LogP contribution in [0.3, 0.4) is 0 Å². The summed E-state index contributed by atoms with van der Waals surface area (Å²) in [5.74, 6) is -0.0729. The Morgan fingerprint density at radius 2 is 2.33 bits per heavy atom. The number of anilines is 1. The van der Waals surface area contributed by atoms with Gasteiger partial charge in [0.05, 0.1) is 29.8 Å². The maximum atomic E-state index is 11.3. The number of carbonyl (C=O) groups excluding carboxylic acids is 1. The van der Waals surface area contributed by atoms with Gasteiger partial charge in [0.15, 0.2) is 4.96 Å². The zero-order chi connectivity index (χ0) is 14.8. The number of likely N-dealkylation sites (N-methyl/N-ethyl adjacent to an activating group) is 1. The number of nitrogens with zero attached hydrogens (tertiary/aromatic N) is 4. The van der Waals surface area contributed by atoms with Gasteiger partial charge in [-0.15, -0.1) is 11.3 Å². The molecule has 3 heterocycles. The molecule has 21 heavy (non-hydrogen) atoms. The topological polar surface area (TPSA) is 76.2 Å². The molecule has 0 aromatic carbocycles. The predicted octanol–water partition coefficient (Wildman–Crippen LogP) is 1.26. The van der Waals surface area contributed by atoms with Gasteiger partial charge in [-0.2, -0.15) is 5.10 Å². The van der Waals surface area contributed by atoms with Gasteiger partial charge in [-0.05, 0) is 6.92 Å². The average molecular weight is 304 g/mol. The molecule has 0 aliphatic rings. The molecule has 0 saturated heterocycles. The summed E-state index contributed by atoms with van der Waals surface area (Å²) in [6.07, 6.45) is 5.55. The number of imidazole rings is 1. The summed E-state index contributed by atoms with van der Waals surface area (Å²) in [5.41, 5.74) is 3.03. The van der Waals surface area contributed by atoms with Crippen LogP contribution in [0.25, 0.3) is 4.96 Å². The Kier molecular flexibility index (Phi) is 3.61. The van der Waals surface area contributed by atoms with E-state index in [2.05, 4.69) is 25.1 Å². The van der Waals surface area contributed by atoms with Crippen molar-refractivity contribution in [1.82, 2.24) is 24.5 Å². The second-order valence-electron chi connectivity index (χ2n) is 4.65. The number of fused-ring (bicyclic) bond motifs is 1. The predicted molar refractivity (Wildman–Crippen MR) is 81.4 cm³/mol. The lowest BCUT2D eigenvalue weighted by atomic mass is 10.3. The Labute approximate surface area is 125 Å². The molecule has 3 aromatic rings. The fourth-order valence-corrected chi connectivity index (χ4v) is 2.89. The number of hydrogen-bond acceptors (Lipinski definition) is 5. The third-order valence-electron chi connectivity index (χ3n) is 3.24. The lowest BCUT2D eigenvalue weighted by molar-refractivity contribution is -0.121. The molecular formula is C13H16N6OS. The van der Waals surface area contributed by atoms with E-state index in [1.54, 1.807) is 29.3 Å². The first-order valence-corrected chi connectivity index (χ1v) is 7.43. The Morgan fingerprint density at radius 3 is 3.14 bits per heavy atom. The lowest BCUT2D eigenvalue weighted by Gasteiger charge is -2.03. The van der Waals surface area contributed by atoms with E-state index in [0.717, 1.165) is 22.0 Å². The molecule has 1 amide bonds. The Bertz CT molecular complexity index is 771. The van der Waals surface area contributed by atoms with E-state index < -0.39 is 0 Å². The number of thiazole rings is 1. The van der Waals surface area contributed by atoms with Crippen LogP contribution in [-0.4, -0.2) is 32.1 Å². The van der Waals surface area contributed by atoms with Gasteiger partial charge in [0.1, 0.15) is 6.54 Å². The van der Waals surface area contributed by atoms with E-state index >= 15 is 0 Å². The number of hydrogen-bond donors (Lipinski definition) is 2. The number of aromatic nitrogens is 4. The van der Waals surface area contributed by atoms with Crippen LogP contribution in [-0.2, 0) is 17.9 Å². The minimum atomic E-state index is -0.0729. The van der Waals surface area contributed by atoms with Crippen molar-refractivity contribution in [1.29, 1.82) is 0 Å². The molecule has 0 saturated carbocycles. The summed E-state index contributed by atoms with van der Waals surface area (Å²) in [6.45, 7) is 2.89. The van der Waals surface area contributed by atoms with E-state index in [1.807, 2.05) is 24.7 Å². The molecule has 2 N–H and O–H groups in total. The summed E-state index contributed by atoms with van der Waals surface area (Å²) in [7, 11) is 1.61. The second-order valence-corrected chi connectivity index (χ2v) is 5.53. The van der Waals surface area contributed by atoms with Gasteiger partial charge in [-0.1, -0.05) is 0 Å². The molecule has 0 spiro atoms. The first-order chi connectivity index (χ1) is 10.2. The molecule has 3 rings (SSSR count). The summed E-state index contributed by atoms with van der Waals surface area (Å²) >= 11 is 1.62. The first-order valence-electron chi connectivity index (χ1n) is 6.55. The molecule has 0 fully saturated rings. The van der Waals surface area contributed by atoms with Crippen molar-refractivity contribution >= 4 is 27.9 Å². The van der Waals surface area contributed by atoms with Crippen LogP contribution in [0, 0.1) is 6.92 Å². The molecule has 110 valence electrons. The van der Waals surface area contributed by atoms with Gasteiger partial charge < -0.3 is 10.6 Å². The van der Waals surface area contributed by atoms with Crippen LogP contribution in [0.15, 0.2) is 24.0 Å². The number of aryl methyl sites for hydroxylation is 1. The van der Waals surface area contributed by atoms with E-state index in [0.29, 0.717) is 6.54 Å². The highest BCUT2D eigenvalue weighted by atomic mass is 32.1. The van der Waals surface area contributed by atoms with Crippen molar-refractivity contribution in [2.24, 2.45) is 0 Å². The van der Waals surface area contributed by atoms with E-state index in [-0.39, 0.29) is 12.5 Å². The molecular weight excluding hydrogens is 288 g/mol. The number of rotatable bonds is 5. The fraction of sp³-hybridized carbons (Fsp3) is 0.308. The Hall–Kier alpha value is -2.35. The Morgan fingerprint density at radius 1 is 1.48 bits per heavy atom. The first kappa shape index (κ1) is 13.6. The minimum absolute atomic E-state index is 0.0729. The van der Waals surface area contributed by atoms with E-state index in [9.17, 15) is 4.79 Å². The van der Waals surface area contributed by atoms with Gasteiger partial charge in [-0.25, -0.2) is 4.98 Å². The van der Waals surface area contributed by atoms with Crippen molar-refractivity contribution < 1.29 is 4.79 Å². The van der Waals surface area contributed by atoms with E-state index in [1.165, 1.54) is 0 Å². The second kappa shape index (κ2) is 5.57. The summed E-state index contributed by atoms with van der Waals surface area (Å²) < 4.78 is 3.69. The monoisotopic (exact) mass is 304 g/mol. The quantitative estimate of drug-likeness (QED) is 0.744. The van der Waals surface area contributed by atoms with E-state index in [4.69, 9.17) is 0 Å². The van der Waals surface area contributed by atoms with Crippen LogP contribution in [0.5, 0.6) is 0 Å². The SMILES string of the molecule is CNC(=O)Cn1cc(NCc2c(C)nc3sccn23)cn1. The maximum Gasteiger partial charge on any atom is 0.241 e. The summed E-state index contributed by atoms with van der Waals surface area (Å²) in [4.78, 5) is 16.8. The highest BCUT2D eigenvalue weighted by Crippen LogP contribution is 2.18. The van der Waals surface area contributed by atoms with Gasteiger partial charge in [0.2, 0.25) is 5.91 Å². The standard InChI is InChI=1S/C13H16N6OS/c1-9-11(19-3-4-21-13(19)17-9)6-15-10-5-16-18(7-10)8-12(20)14-2/h3-5,7,15H,6,8H2,1-2H3,(H,14,20). The van der Waals surface area contributed by atoms with Crippen molar-refractivity contribution in [2.45, 2.75) is 20.0 Å². The van der Waals surface area contributed by atoms with Gasteiger partial charge in [-0.3, -0.25) is 13.9 Å². The van der Waals surface area contributed by atoms with Gasteiger partial charge in [0.25, 0.3) is 0 Å². The number of amides is 1. The summed E-state index contributed by atoms with van der Waals surface area (Å²) in [6, 6.07) is 0. The maximum absolute atomic E-state index is 11.3. The van der Waals surface area contributed by atoms with Crippen LogP contribution in [0.2, 0.25) is 0 Å². The smallest absolute Gasteiger partial charge is 0.241 e.